The molecule has 25 heavy (non-hydrogen) atoms. The molecular formula is C20H26N2O2S. The van der Waals surface area contributed by atoms with Crippen molar-refractivity contribution in [1.82, 2.24) is 9.47 Å². The number of amides is 1. The molecule has 1 aromatic carbocycles. The monoisotopic (exact) mass is 358 g/mol. The number of aromatic nitrogens is 1. The maximum absolute atomic E-state index is 12.6. The van der Waals surface area contributed by atoms with Crippen molar-refractivity contribution in [3.63, 3.8) is 0 Å². The van der Waals surface area contributed by atoms with Gasteiger partial charge in [0.2, 0.25) is 5.91 Å². The van der Waals surface area contributed by atoms with Crippen molar-refractivity contribution >= 4 is 28.6 Å². The zero-order chi connectivity index (χ0) is 17.8. The van der Waals surface area contributed by atoms with Gasteiger partial charge in [-0.1, -0.05) is 37.5 Å². The number of benzene rings is 1. The first-order valence-electron chi connectivity index (χ1n) is 9.13. The molecule has 1 heterocycles. The van der Waals surface area contributed by atoms with Gasteiger partial charge in [-0.2, -0.15) is 0 Å². The first-order valence-corrected chi connectivity index (χ1v) is 10.1. The molecule has 0 spiro atoms. The molecule has 0 bridgehead atoms. The standard InChI is InChI=1S/C20H26N2O2S/c1-3-22-17-12-8-7-11-16(17)18(13-19(22)23)25-14-20(24)21(2)15-9-5-4-6-10-15/h7-8,11-13,15H,3-6,9-10,14H2,1-2H3. The highest BCUT2D eigenvalue weighted by atomic mass is 32.2. The maximum Gasteiger partial charge on any atom is 0.252 e. The molecule has 0 radical (unpaired) electrons. The molecule has 1 saturated carbocycles. The summed E-state index contributed by atoms with van der Waals surface area (Å²) in [7, 11) is 1.92. The van der Waals surface area contributed by atoms with Gasteiger partial charge in [0.1, 0.15) is 0 Å². The minimum absolute atomic E-state index is 0.00298. The molecule has 0 atom stereocenters. The Morgan fingerprint density at radius 3 is 2.68 bits per heavy atom. The third-order valence-corrected chi connectivity index (χ3v) is 6.20. The molecule has 1 amide bonds. The lowest BCUT2D eigenvalue weighted by Crippen LogP contribution is -2.39. The molecule has 3 rings (SSSR count). The van der Waals surface area contributed by atoms with E-state index in [2.05, 4.69) is 0 Å². The predicted molar refractivity (Wildman–Crippen MR) is 104 cm³/mol. The van der Waals surface area contributed by atoms with Crippen LogP contribution in [0.15, 0.2) is 40.0 Å². The second kappa shape index (κ2) is 8.09. The van der Waals surface area contributed by atoms with Gasteiger partial charge >= 0.3 is 0 Å². The first kappa shape index (κ1) is 18.1. The average molecular weight is 359 g/mol. The summed E-state index contributed by atoms with van der Waals surface area (Å²) in [4.78, 5) is 27.8. The topological polar surface area (TPSA) is 42.3 Å². The zero-order valence-corrected chi connectivity index (χ0v) is 15.8. The normalized spacial score (nSPS) is 15.4. The lowest BCUT2D eigenvalue weighted by molar-refractivity contribution is -0.129. The number of thioether (sulfide) groups is 1. The van der Waals surface area contributed by atoms with Crippen molar-refractivity contribution in [2.24, 2.45) is 0 Å². The minimum Gasteiger partial charge on any atom is -0.342 e. The number of para-hydroxylation sites is 1. The molecule has 134 valence electrons. The Hall–Kier alpha value is -1.75. The van der Waals surface area contributed by atoms with Crippen molar-refractivity contribution < 1.29 is 4.79 Å². The molecule has 0 N–H and O–H groups in total. The van der Waals surface area contributed by atoms with Gasteiger partial charge in [0.15, 0.2) is 0 Å². The fourth-order valence-corrected chi connectivity index (χ4v) is 4.66. The average Bonchev–Trinajstić information content (AvgIpc) is 2.66. The van der Waals surface area contributed by atoms with Gasteiger partial charge in [0, 0.05) is 36.0 Å². The Balaban J connectivity index is 1.77. The van der Waals surface area contributed by atoms with Crippen LogP contribution in [-0.2, 0) is 11.3 Å². The molecule has 5 heteroatoms. The number of carbonyl (C=O) groups is 1. The largest absolute Gasteiger partial charge is 0.342 e. The fourth-order valence-electron chi connectivity index (χ4n) is 3.66. The Bertz CT molecular complexity index is 809. The van der Waals surface area contributed by atoms with E-state index in [9.17, 15) is 9.59 Å². The van der Waals surface area contributed by atoms with E-state index < -0.39 is 0 Å². The van der Waals surface area contributed by atoms with Crippen LogP contribution in [0.25, 0.3) is 10.9 Å². The van der Waals surface area contributed by atoms with E-state index in [0.29, 0.717) is 18.3 Å². The second-order valence-electron chi connectivity index (χ2n) is 6.69. The lowest BCUT2D eigenvalue weighted by Gasteiger charge is -2.31. The number of rotatable bonds is 5. The Morgan fingerprint density at radius 2 is 1.96 bits per heavy atom. The third-order valence-electron chi connectivity index (χ3n) is 5.16. The van der Waals surface area contributed by atoms with Gasteiger partial charge in [0.05, 0.1) is 11.3 Å². The molecule has 0 unspecified atom stereocenters. The number of hydrogen-bond donors (Lipinski definition) is 0. The fraction of sp³-hybridized carbons (Fsp3) is 0.500. The van der Waals surface area contributed by atoms with Crippen LogP contribution in [0, 0.1) is 0 Å². The van der Waals surface area contributed by atoms with Crippen molar-refractivity contribution in [2.75, 3.05) is 12.8 Å². The van der Waals surface area contributed by atoms with Crippen LogP contribution in [0.2, 0.25) is 0 Å². The Kier molecular flexibility index (Phi) is 5.84. The number of fused-ring (bicyclic) bond motifs is 1. The molecule has 4 nitrogen and oxygen atoms in total. The molecule has 1 aromatic heterocycles. The minimum atomic E-state index is -0.00298. The smallest absolute Gasteiger partial charge is 0.252 e. The van der Waals surface area contributed by atoms with E-state index in [1.54, 1.807) is 10.6 Å². The quantitative estimate of drug-likeness (QED) is 0.761. The van der Waals surface area contributed by atoms with Gasteiger partial charge in [-0.3, -0.25) is 9.59 Å². The van der Waals surface area contributed by atoms with Gasteiger partial charge in [-0.15, -0.1) is 11.8 Å². The molecule has 2 aromatic rings. The Labute approximate surface area is 153 Å². The third kappa shape index (κ3) is 3.92. The summed E-state index contributed by atoms with van der Waals surface area (Å²) in [6.45, 7) is 2.62. The highest BCUT2D eigenvalue weighted by molar-refractivity contribution is 8.00. The number of carbonyl (C=O) groups excluding carboxylic acids is 1. The second-order valence-corrected chi connectivity index (χ2v) is 7.71. The van der Waals surface area contributed by atoms with Gasteiger partial charge in [-0.25, -0.2) is 0 Å². The van der Waals surface area contributed by atoms with E-state index in [4.69, 9.17) is 0 Å². The van der Waals surface area contributed by atoms with E-state index in [1.807, 2.05) is 43.1 Å². The number of pyridine rings is 1. The van der Waals surface area contributed by atoms with E-state index in [0.717, 1.165) is 28.6 Å². The van der Waals surface area contributed by atoms with Crippen LogP contribution in [0.3, 0.4) is 0 Å². The highest BCUT2D eigenvalue weighted by Gasteiger charge is 2.22. The number of nitrogens with zero attached hydrogens (tertiary/aromatic N) is 2. The molecule has 0 aliphatic heterocycles. The van der Waals surface area contributed by atoms with Gasteiger partial charge < -0.3 is 9.47 Å². The summed E-state index contributed by atoms with van der Waals surface area (Å²) in [5, 5.41) is 1.04. The summed E-state index contributed by atoms with van der Waals surface area (Å²) in [6.07, 6.45) is 5.95. The first-order chi connectivity index (χ1) is 12.1. The Morgan fingerprint density at radius 1 is 1.24 bits per heavy atom. The van der Waals surface area contributed by atoms with Crippen LogP contribution in [-0.4, -0.2) is 34.2 Å². The SMILES string of the molecule is CCn1c(=O)cc(SCC(=O)N(C)C2CCCCC2)c2ccccc21. The van der Waals surface area contributed by atoms with Crippen molar-refractivity contribution in [1.29, 1.82) is 0 Å². The number of aryl methyl sites for hydroxylation is 1. The van der Waals surface area contributed by atoms with E-state index >= 15 is 0 Å². The summed E-state index contributed by atoms with van der Waals surface area (Å²) in [5.74, 6) is 0.535. The molecule has 1 aliphatic rings. The van der Waals surface area contributed by atoms with Crippen molar-refractivity contribution in [2.45, 2.75) is 56.5 Å². The van der Waals surface area contributed by atoms with Crippen molar-refractivity contribution in [3.8, 4) is 0 Å². The maximum atomic E-state index is 12.6. The van der Waals surface area contributed by atoms with Crippen LogP contribution >= 0.6 is 11.8 Å². The van der Waals surface area contributed by atoms with Gasteiger partial charge in [-0.05, 0) is 25.8 Å². The summed E-state index contributed by atoms with van der Waals surface area (Å²) in [5.41, 5.74) is 0.935. The van der Waals surface area contributed by atoms with Crippen LogP contribution < -0.4 is 5.56 Å². The van der Waals surface area contributed by atoms with Crippen molar-refractivity contribution in [3.05, 3.63) is 40.7 Å². The van der Waals surface area contributed by atoms with E-state index in [1.165, 1.54) is 31.0 Å². The summed E-state index contributed by atoms with van der Waals surface area (Å²) < 4.78 is 1.77. The van der Waals surface area contributed by atoms with Gasteiger partial charge in [0.25, 0.3) is 5.56 Å². The van der Waals surface area contributed by atoms with Crippen LogP contribution in [0.4, 0.5) is 0 Å². The highest BCUT2D eigenvalue weighted by Crippen LogP contribution is 2.28. The van der Waals surface area contributed by atoms with E-state index in [-0.39, 0.29) is 11.5 Å². The zero-order valence-electron chi connectivity index (χ0n) is 15.0. The van der Waals surface area contributed by atoms with Crippen LogP contribution in [0.1, 0.15) is 39.0 Å². The molecule has 1 fully saturated rings. The molecular weight excluding hydrogens is 332 g/mol. The number of hydrogen-bond acceptors (Lipinski definition) is 3. The summed E-state index contributed by atoms with van der Waals surface area (Å²) in [6, 6.07) is 9.98. The molecule has 1 aliphatic carbocycles. The predicted octanol–water partition coefficient (Wildman–Crippen LogP) is 3.90. The molecule has 0 saturated heterocycles. The van der Waals surface area contributed by atoms with Crippen LogP contribution in [0.5, 0.6) is 0 Å². The summed E-state index contributed by atoms with van der Waals surface area (Å²) >= 11 is 1.48. The lowest BCUT2D eigenvalue weighted by atomic mass is 9.94.